The van der Waals surface area contributed by atoms with Crippen LogP contribution in [-0.2, 0) is 35.8 Å². The van der Waals surface area contributed by atoms with E-state index >= 15 is 0 Å². The summed E-state index contributed by atoms with van der Waals surface area (Å²) in [6.07, 6.45) is 5.99. The van der Waals surface area contributed by atoms with E-state index in [1.807, 2.05) is 18.7 Å². The van der Waals surface area contributed by atoms with Gasteiger partial charge < -0.3 is 9.64 Å². The summed E-state index contributed by atoms with van der Waals surface area (Å²) in [6, 6.07) is 4.41. The minimum atomic E-state index is -0.0311. The highest BCUT2D eigenvalue weighted by Gasteiger charge is 2.31. The summed E-state index contributed by atoms with van der Waals surface area (Å²) >= 11 is 0. The van der Waals surface area contributed by atoms with Crippen LogP contribution in [0.5, 0.6) is 0 Å². The van der Waals surface area contributed by atoms with Crippen LogP contribution in [-0.4, -0.2) is 62.1 Å². The molecule has 0 atom stereocenters. The van der Waals surface area contributed by atoms with Gasteiger partial charge in [0.05, 0.1) is 12.5 Å². The van der Waals surface area contributed by atoms with Gasteiger partial charge in [0.2, 0.25) is 0 Å². The number of H-pyrrole nitrogens is 1. The van der Waals surface area contributed by atoms with Gasteiger partial charge in [-0.2, -0.15) is 10.2 Å². The predicted molar refractivity (Wildman–Crippen MR) is 149 cm³/mol. The highest BCUT2D eigenvalue weighted by atomic mass is 16.5. The topological polar surface area (TPSA) is 88.9 Å². The van der Waals surface area contributed by atoms with Crippen molar-refractivity contribution in [2.45, 2.75) is 73.1 Å². The number of benzene rings is 1. The van der Waals surface area contributed by atoms with Crippen LogP contribution in [0.3, 0.4) is 0 Å². The molecule has 2 aliphatic rings. The Morgan fingerprint density at radius 3 is 2.58 bits per heavy atom. The number of rotatable bonds is 7. The van der Waals surface area contributed by atoms with Crippen LogP contribution in [0.25, 0.3) is 22.9 Å². The van der Waals surface area contributed by atoms with E-state index in [4.69, 9.17) is 14.8 Å². The fourth-order valence-electron chi connectivity index (χ4n) is 6.22. The van der Waals surface area contributed by atoms with E-state index in [0.717, 1.165) is 75.2 Å². The fourth-order valence-corrected chi connectivity index (χ4v) is 6.22. The number of aromatic amines is 1. The normalized spacial score (nSPS) is 17.9. The van der Waals surface area contributed by atoms with Crippen molar-refractivity contribution in [2.75, 3.05) is 26.2 Å². The Bertz CT molecular complexity index is 1290. The number of aryl methyl sites for hydroxylation is 3. The number of nitrogens with one attached hydrogen (secondary N) is 1. The molecule has 1 aliphatic heterocycles. The van der Waals surface area contributed by atoms with E-state index in [1.54, 1.807) is 0 Å². The van der Waals surface area contributed by atoms with Gasteiger partial charge in [0.15, 0.2) is 11.6 Å². The first-order valence-electron chi connectivity index (χ1n) is 14.1. The van der Waals surface area contributed by atoms with E-state index in [1.165, 1.54) is 27.9 Å². The Morgan fingerprint density at radius 1 is 1.18 bits per heavy atom. The fraction of sp³-hybridized carbons (Fsp3) is 0.600. The van der Waals surface area contributed by atoms with E-state index < -0.39 is 0 Å². The van der Waals surface area contributed by atoms with E-state index in [2.05, 4.69) is 54.9 Å². The number of esters is 1. The van der Waals surface area contributed by atoms with Crippen LogP contribution in [0.4, 0.5) is 0 Å². The molecule has 0 radical (unpaired) electrons. The largest absolute Gasteiger partial charge is 0.466 e. The summed E-state index contributed by atoms with van der Waals surface area (Å²) in [4.78, 5) is 19.4. The van der Waals surface area contributed by atoms with E-state index in [9.17, 15) is 4.79 Å². The zero-order valence-electron chi connectivity index (χ0n) is 23.9. The van der Waals surface area contributed by atoms with Crippen LogP contribution in [0.2, 0.25) is 0 Å². The van der Waals surface area contributed by atoms with Gasteiger partial charge in [0.1, 0.15) is 5.69 Å². The highest BCUT2D eigenvalue weighted by Crippen LogP contribution is 2.38. The molecular weight excluding hydrogens is 476 g/mol. The number of ether oxygens (including phenoxy) is 1. The Hall–Kier alpha value is -3.00. The zero-order valence-corrected chi connectivity index (χ0v) is 23.9. The molecule has 8 heteroatoms. The molecule has 1 fully saturated rings. The van der Waals surface area contributed by atoms with Gasteiger partial charge in [0.25, 0.3) is 0 Å². The number of carbonyl (C=O) groups excluding carboxylic acids is 1. The van der Waals surface area contributed by atoms with Crippen molar-refractivity contribution in [3.63, 3.8) is 0 Å². The average Bonchev–Trinajstić information content (AvgIpc) is 3.48. The van der Waals surface area contributed by atoms with Gasteiger partial charge in [-0.05, 0) is 107 Å². The minimum absolute atomic E-state index is 0.0311. The van der Waals surface area contributed by atoms with Crippen molar-refractivity contribution in [3.05, 3.63) is 40.1 Å². The van der Waals surface area contributed by atoms with Crippen molar-refractivity contribution in [1.29, 1.82) is 0 Å². The number of carbonyl (C=O) groups is 1. The molecule has 0 unspecified atom stereocenters. The summed E-state index contributed by atoms with van der Waals surface area (Å²) in [6.45, 7) is 14.3. The van der Waals surface area contributed by atoms with Crippen molar-refractivity contribution in [2.24, 2.45) is 18.4 Å². The van der Waals surface area contributed by atoms with Crippen molar-refractivity contribution in [1.82, 2.24) is 29.9 Å². The smallest absolute Gasteiger partial charge is 0.309 e. The molecule has 3 heterocycles. The molecule has 1 aliphatic carbocycles. The summed E-state index contributed by atoms with van der Waals surface area (Å²) in [5, 5.41) is 12.6. The van der Waals surface area contributed by atoms with E-state index in [-0.39, 0.29) is 11.9 Å². The molecule has 0 bridgehead atoms. The molecule has 204 valence electrons. The first-order chi connectivity index (χ1) is 18.1. The molecule has 3 aromatic rings. The quantitative estimate of drug-likeness (QED) is 0.451. The third kappa shape index (κ3) is 5.41. The SMILES string of the molecule is CCOC(=O)C1CCN(CCc2c(C)cc(-c3n[nH]c(-c4nn(C)c5c4CCC(C)(C)C5)n3)cc2C)CC1. The minimum Gasteiger partial charge on any atom is -0.466 e. The molecule has 1 aromatic carbocycles. The average molecular weight is 519 g/mol. The first kappa shape index (κ1) is 26.6. The summed E-state index contributed by atoms with van der Waals surface area (Å²) < 4.78 is 7.23. The molecule has 38 heavy (non-hydrogen) atoms. The molecule has 5 rings (SSSR count). The van der Waals surface area contributed by atoms with E-state index in [0.29, 0.717) is 17.8 Å². The molecule has 2 aromatic heterocycles. The highest BCUT2D eigenvalue weighted by molar-refractivity contribution is 5.72. The second-order valence-corrected chi connectivity index (χ2v) is 12.0. The molecule has 0 saturated carbocycles. The van der Waals surface area contributed by atoms with Crippen molar-refractivity contribution in [3.8, 4) is 22.9 Å². The lowest BCUT2D eigenvalue weighted by Gasteiger charge is -2.31. The van der Waals surface area contributed by atoms with Crippen LogP contribution >= 0.6 is 0 Å². The van der Waals surface area contributed by atoms with Gasteiger partial charge in [-0.25, -0.2) is 4.98 Å². The lowest BCUT2D eigenvalue weighted by molar-refractivity contribution is -0.149. The lowest BCUT2D eigenvalue weighted by atomic mass is 9.76. The van der Waals surface area contributed by atoms with Gasteiger partial charge in [-0.15, -0.1) is 0 Å². The number of likely N-dealkylation sites (tertiary alicyclic amines) is 1. The van der Waals surface area contributed by atoms with Gasteiger partial charge >= 0.3 is 5.97 Å². The number of fused-ring (bicyclic) bond motifs is 1. The Kier molecular flexibility index (Phi) is 7.45. The van der Waals surface area contributed by atoms with Crippen LogP contribution in [0.15, 0.2) is 12.1 Å². The predicted octanol–water partition coefficient (Wildman–Crippen LogP) is 4.82. The summed E-state index contributed by atoms with van der Waals surface area (Å²) in [5.41, 5.74) is 8.83. The Morgan fingerprint density at radius 2 is 1.89 bits per heavy atom. The molecule has 0 amide bonds. The van der Waals surface area contributed by atoms with Crippen LogP contribution in [0.1, 0.15) is 68.0 Å². The van der Waals surface area contributed by atoms with Gasteiger partial charge in [-0.1, -0.05) is 13.8 Å². The summed E-state index contributed by atoms with van der Waals surface area (Å²) in [5.74, 6) is 1.50. The number of hydrogen-bond donors (Lipinski definition) is 1. The monoisotopic (exact) mass is 518 g/mol. The molecule has 1 N–H and O–H groups in total. The molecule has 8 nitrogen and oxygen atoms in total. The first-order valence-corrected chi connectivity index (χ1v) is 14.1. The van der Waals surface area contributed by atoms with Crippen LogP contribution < -0.4 is 0 Å². The number of piperidine rings is 1. The van der Waals surface area contributed by atoms with Gasteiger partial charge in [0, 0.05) is 30.4 Å². The number of hydrogen-bond acceptors (Lipinski definition) is 6. The molecular formula is C30H42N6O2. The maximum Gasteiger partial charge on any atom is 0.309 e. The second kappa shape index (κ2) is 10.6. The zero-order chi connectivity index (χ0) is 27.0. The molecule has 0 spiro atoms. The second-order valence-electron chi connectivity index (χ2n) is 12.0. The summed E-state index contributed by atoms with van der Waals surface area (Å²) in [7, 11) is 2.04. The maximum atomic E-state index is 12.0. The maximum absolute atomic E-state index is 12.0. The number of aromatic nitrogens is 5. The Balaban J connectivity index is 1.26. The van der Waals surface area contributed by atoms with Gasteiger partial charge in [-0.3, -0.25) is 14.6 Å². The standard InChI is InChI=1S/C30H42N6O2/c1-7-38-29(37)21-9-13-36(14-10-21)15-11-23-19(2)16-22(17-20(23)3)27-31-28(33-32-27)26-24-8-12-30(4,5)18-25(24)35(6)34-26/h16-17,21H,7-15,18H2,1-6H3,(H,31,32,33). The lowest BCUT2D eigenvalue weighted by Crippen LogP contribution is -2.38. The van der Waals surface area contributed by atoms with Crippen molar-refractivity contribution >= 4 is 5.97 Å². The van der Waals surface area contributed by atoms with Crippen LogP contribution in [0, 0.1) is 25.2 Å². The van der Waals surface area contributed by atoms with Crippen molar-refractivity contribution < 1.29 is 9.53 Å². The Labute approximate surface area is 226 Å². The number of nitrogens with zero attached hydrogens (tertiary/aromatic N) is 5. The molecule has 1 saturated heterocycles. The third-order valence-corrected chi connectivity index (χ3v) is 8.52. The third-order valence-electron chi connectivity index (χ3n) is 8.52.